The molecule has 1 amide bonds. The molecular weight excluding hydrogens is 302 g/mol. The number of hydrogen-bond acceptors (Lipinski definition) is 4. The van der Waals surface area contributed by atoms with E-state index in [4.69, 9.17) is 0 Å². The molecule has 1 aromatic carbocycles. The Morgan fingerprint density at radius 2 is 2.10 bits per heavy atom. The van der Waals surface area contributed by atoms with Crippen LogP contribution in [0, 0.1) is 0 Å². The second-order valence-electron chi connectivity index (χ2n) is 4.67. The van der Waals surface area contributed by atoms with Crippen molar-refractivity contribution >= 4 is 49.6 Å². The van der Waals surface area contributed by atoms with Crippen molar-refractivity contribution in [3.63, 3.8) is 0 Å². The molecule has 0 unspecified atom stereocenters. The Morgan fingerprint density at radius 3 is 2.90 bits per heavy atom. The first-order valence-electron chi connectivity index (χ1n) is 6.42. The van der Waals surface area contributed by atoms with Crippen LogP contribution in [0.1, 0.15) is 9.67 Å². The number of benzene rings is 1. The lowest BCUT2D eigenvalue weighted by Gasteiger charge is -2.15. The number of hydrogen-bond donors (Lipinski definition) is 0. The monoisotopic (exact) mass is 313 g/mol. The molecule has 0 aliphatic carbocycles. The second-order valence-corrected chi connectivity index (χ2v) is 6.57. The average molecular weight is 313 g/mol. The number of imidazole rings is 1. The number of thiazole rings is 1. The van der Waals surface area contributed by atoms with Gasteiger partial charge in [-0.2, -0.15) is 0 Å². The van der Waals surface area contributed by atoms with Crippen LogP contribution in [-0.4, -0.2) is 22.3 Å². The van der Waals surface area contributed by atoms with Gasteiger partial charge in [-0.1, -0.05) is 18.2 Å². The van der Waals surface area contributed by atoms with Gasteiger partial charge in [0, 0.05) is 24.3 Å². The zero-order chi connectivity index (χ0) is 14.4. The maximum Gasteiger partial charge on any atom is 0.268 e. The fourth-order valence-corrected chi connectivity index (χ4v) is 4.06. The topological polar surface area (TPSA) is 37.6 Å². The number of amides is 1. The van der Waals surface area contributed by atoms with Crippen LogP contribution >= 0.6 is 22.7 Å². The largest absolute Gasteiger partial charge is 0.311 e. The number of aromatic nitrogens is 2. The third-order valence-corrected chi connectivity index (χ3v) is 5.16. The molecule has 6 heteroatoms. The summed E-state index contributed by atoms with van der Waals surface area (Å²) in [4.78, 5) is 21.4. The summed E-state index contributed by atoms with van der Waals surface area (Å²) in [7, 11) is 1.79. The first kappa shape index (κ1) is 12.6. The van der Waals surface area contributed by atoms with E-state index in [0.717, 1.165) is 21.0 Å². The second kappa shape index (κ2) is 4.68. The highest BCUT2D eigenvalue weighted by molar-refractivity contribution is 7.21. The third-order valence-electron chi connectivity index (χ3n) is 3.40. The molecule has 0 aliphatic heterocycles. The highest BCUT2D eigenvalue weighted by atomic mass is 32.1. The molecule has 4 rings (SSSR count). The maximum absolute atomic E-state index is 12.6. The van der Waals surface area contributed by atoms with Crippen LogP contribution < -0.4 is 4.90 Å². The van der Waals surface area contributed by atoms with Gasteiger partial charge in [0.2, 0.25) is 0 Å². The van der Waals surface area contributed by atoms with E-state index in [9.17, 15) is 4.79 Å². The summed E-state index contributed by atoms with van der Waals surface area (Å²) in [5.74, 6) is -0.00632. The van der Waals surface area contributed by atoms with Crippen molar-refractivity contribution in [2.75, 3.05) is 11.9 Å². The number of nitrogens with zero attached hydrogens (tertiary/aromatic N) is 3. The summed E-state index contributed by atoms with van der Waals surface area (Å²) >= 11 is 3.04. The van der Waals surface area contributed by atoms with E-state index in [1.165, 1.54) is 11.3 Å². The molecule has 3 heterocycles. The quantitative estimate of drug-likeness (QED) is 0.563. The number of thiophene rings is 1. The standard InChI is InChI=1S/C15H11N3OS2/c1-17(10-5-3-2-4-6-10)14(19)12-9-11-13(21-12)16-15-18(11)7-8-20-15/h2-9H,1H3. The van der Waals surface area contributed by atoms with Crippen LogP contribution in [0.15, 0.2) is 48.0 Å². The molecule has 0 aliphatic rings. The summed E-state index contributed by atoms with van der Waals surface area (Å²) in [5.41, 5.74) is 1.89. The number of anilines is 1. The maximum atomic E-state index is 12.6. The van der Waals surface area contributed by atoms with Gasteiger partial charge in [0.15, 0.2) is 4.96 Å². The molecular formula is C15H11N3OS2. The van der Waals surface area contributed by atoms with Gasteiger partial charge in [-0.25, -0.2) is 4.98 Å². The van der Waals surface area contributed by atoms with Crippen LogP contribution in [0.3, 0.4) is 0 Å². The van der Waals surface area contributed by atoms with Gasteiger partial charge in [0.25, 0.3) is 5.91 Å². The number of carbonyl (C=O) groups is 1. The van der Waals surface area contributed by atoms with E-state index in [-0.39, 0.29) is 5.91 Å². The number of rotatable bonds is 2. The Bertz CT molecular complexity index is 936. The van der Waals surface area contributed by atoms with E-state index >= 15 is 0 Å². The highest BCUT2D eigenvalue weighted by Gasteiger charge is 2.18. The molecule has 0 radical (unpaired) electrons. The van der Waals surface area contributed by atoms with Crippen LogP contribution in [-0.2, 0) is 0 Å². The van der Waals surface area contributed by atoms with E-state index in [1.807, 2.05) is 52.4 Å². The van der Waals surface area contributed by atoms with Crippen molar-refractivity contribution in [1.29, 1.82) is 0 Å². The lowest BCUT2D eigenvalue weighted by molar-refractivity contribution is 0.0997. The first-order valence-corrected chi connectivity index (χ1v) is 8.12. The SMILES string of the molecule is CN(C(=O)c1cc2c(nc3sccn32)s1)c1ccccc1. The van der Waals surface area contributed by atoms with E-state index in [1.54, 1.807) is 23.3 Å². The Kier molecular flexibility index (Phi) is 2.80. The van der Waals surface area contributed by atoms with Crippen molar-refractivity contribution in [2.45, 2.75) is 0 Å². The Hall–Kier alpha value is -2.18. The molecule has 4 aromatic rings. The van der Waals surface area contributed by atoms with E-state index < -0.39 is 0 Å². The van der Waals surface area contributed by atoms with Gasteiger partial charge in [-0.15, -0.1) is 22.7 Å². The Morgan fingerprint density at radius 1 is 1.29 bits per heavy atom. The normalized spacial score (nSPS) is 11.3. The average Bonchev–Trinajstić information content (AvgIpc) is 3.18. The Labute approximate surface area is 128 Å². The molecule has 0 bridgehead atoms. The zero-order valence-electron chi connectivity index (χ0n) is 11.2. The highest BCUT2D eigenvalue weighted by Crippen LogP contribution is 2.29. The summed E-state index contributed by atoms with van der Waals surface area (Å²) in [6, 6.07) is 11.6. The van der Waals surface area contributed by atoms with Gasteiger partial charge < -0.3 is 4.90 Å². The summed E-state index contributed by atoms with van der Waals surface area (Å²) < 4.78 is 2.02. The van der Waals surface area contributed by atoms with Crippen molar-refractivity contribution < 1.29 is 4.79 Å². The van der Waals surface area contributed by atoms with Gasteiger partial charge in [-0.3, -0.25) is 9.20 Å². The van der Waals surface area contributed by atoms with Gasteiger partial charge >= 0.3 is 0 Å². The lowest BCUT2D eigenvalue weighted by atomic mass is 10.3. The van der Waals surface area contributed by atoms with Crippen LogP contribution in [0.4, 0.5) is 5.69 Å². The van der Waals surface area contributed by atoms with Crippen LogP contribution in [0.2, 0.25) is 0 Å². The first-order chi connectivity index (χ1) is 10.2. The minimum atomic E-state index is -0.00632. The molecule has 104 valence electrons. The molecule has 0 atom stereocenters. The summed E-state index contributed by atoms with van der Waals surface area (Å²) in [6.07, 6.45) is 1.98. The molecule has 3 aromatic heterocycles. The fourth-order valence-electron chi connectivity index (χ4n) is 2.29. The van der Waals surface area contributed by atoms with Crippen LogP contribution in [0.25, 0.3) is 15.3 Å². The number of fused-ring (bicyclic) bond motifs is 3. The zero-order valence-corrected chi connectivity index (χ0v) is 12.8. The van der Waals surface area contributed by atoms with Crippen LogP contribution in [0.5, 0.6) is 0 Å². The summed E-state index contributed by atoms with van der Waals surface area (Å²) in [5, 5.41) is 2.00. The van der Waals surface area contributed by atoms with Gasteiger partial charge in [0.1, 0.15) is 4.83 Å². The molecule has 0 spiro atoms. The molecule has 4 nitrogen and oxygen atoms in total. The Balaban J connectivity index is 1.75. The smallest absolute Gasteiger partial charge is 0.268 e. The predicted molar refractivity (Wildman–Crippen MR) is 87.6 cm³/mol. The minimum absolute atomic E-state index is 0.00632. The van der Waals surface area contributed by atoms with Crippen molar-refractivity contribution in [1.82, 2.24) is 9.38 Å². The molecule has 0 N–H and O–H groups in total. The minimum Gasteiger partial charge on any atom is -0.311 e. The number of carbonyl (C=O) groups excluding carboxylic acids is 1. The fraction of sp³-hybridized carbons (Fsp3) is 0.0667. The summed E-state index contributed by atoms with van der Waals surface area (Å²) in [6.45, 7) is 0. The van der Waals surface area contributed by atoms with Crippen molar-refractivity contribution in [2.24, 2.45) is 0 Å². The molecule has 0 saturated heterocycles. The predicted octanol–water partition coefficient (Wildman–Crippen LogP) is 3.89. The lowest BCUT2D eigenvalue weighted by Crippen LogP contribution is -2.25. The van der Waals surface area contributed by atoms with Gasteiger partial charge in [0.05, 0.1) is 10.4 Å². The van der Waals surface area contributed by atoms with Crippen molar-refractivity contribution in [3.05, 3.63) is 52.9 Å². The van der Waals surface area contributed by atoms with E-state index in [0.29, 0.717) is 4.88 Å². The van der Waals surface area contributed by atoms with Gasteiger partial charge in [-0.05, 0) is 18.2 Å². The molecule has 0 fully saturated rings. The third kappa shape index (κ3) is 1.95. The molecule has 21 heavy (non-hydrogen) atoms. The molecule has 0 saturated carbocycles. The van der Waals surface area contributed by atoms with E-state index in [2.05, 4.69) is 4.98 Å². The van der Waals surface area contributed by atoms with Crippen molar-refractivity contribution in [3.8, 4) is 0 Å². The number of para-hydroxylation sites is 1.